The van der Waals surface area contributed by atoms with E-state index in [1.165, 1.54) is 10.6 Å². The summed E-state index contributed by atoms with van der Waals surface area (Å²) in [7, 11) is -0.638. The molecule has 0 saturated heterocycles. The number of anilines is 2. The number of nitrogen functional groups attached to an aromatic ring is 2. The molecule has 0 spiro atoms. The molecule has 0 unspecified atom stereocenters. The van der Waals surface area contributed by atoms with Gasteiger partial charge in [-0.1, -0.05) is 71.2 Å². The van der Waals surface area contributed by atoms with Crippen molar-refractivity contribution in [3.8, 4) is 0 Å². The first-order valence-electron chi connectivity index (χ1n) is 8.20. The highest BCUT2D eigenvalue weighted by atomic mass is 31.1. The van der Waals surface area contributed by atoms with Gasteiger partial charge < -0.3 is 11.5 Å². The summed E-state index contributed by atoms with van der Waals surface area (Å²) in [6, 6.07) is 2.30. The Bertz CT molecular complexity index is 442. The molecule has 0 radical (unpaired) electrons. The van der Waals surface area contributed by atoms with Gasteiger partial charge in [-0.25, -0.2) is 4.98 Å². The Hall–Kier alpha value is -0.390. The summed E-state index contributed by atoms with van der Waals surface area (Å²) in [5.74, 6) is 1.27. The molecule has 3 nitrogen and oxygen atoms in total. The molecule has 0 saturated carbocycles. The number of pyridine rings is 1. The van der Waals surface area contributed by atoms with Crippen molar-refractivity contribution in [3.05, 3.63) is 6.07 Å². The van der Waals surface area contributed by atoms with Crippen molar-refractivity contribution in [3.63, 3.8) is 0 Å². The Morgan fingerprint density at radius 3 is 1.18 bits per heavy atom. The molecule has 0 bridgehead atoms. The van der Waals surface area contributed by atoms with Crippen LogP contribution in [0.2, 0.25) is 0 Å². The SMILES string of the molecule is CC(C)P(c1cc(P(C(C)C)C(C)C)c(N)nc1N)C(C)C. The van der Waals surface area contributed by atoms with Gasteiger partial charge in [0.15, 0.2) is 0 Å². The van der Waals surface area contributed by atoms with Crippen molar-refractivity contribution in [1.82, 2.24) is 4.98 Å². The molecule has 0 aliphatic heterocycles. The van der Waals surface area contributed by atoms with Gasteiger partial charge in [-0.3, -0.25) is 0 Å². The molecule has 1 aromatic rings. The molecular formula is C17H33N3P2. The second-order valence-electron chi connectivity index (χ2n) is 6.99. The van der Waals surface area contributed by atoms with Crippen LogP contribution in [0.3, 0.4) is 0 Å². The quantitative estimate of drug-likeness (QED) is 0.766. The highest BCUT2D eigenvalue weighted by molar-refractivity contribution is 7.68. The smallest absolute Gasteiger partial charge is 0.133 e. The predicted molar refractivity (Wildman–Crippen MR) is 107 cm³/mol. The Morgan fingerprint density at radius 2 is 0.955 bits per heavy atom. The molecule has 126 valence electrons. The zero-order valence-electron chi connectivity index (χ0n) is 15.4. The van der Waals surface area contributed by atoms with Crippen molar-refractivity contribution in [1.29, 1.82) is 0 Å². The first kappa shape index (κ1) is 19.7. The Morgan fingerprint density at radius 1 is 0.682 bits per heavy atom. The molecule has 5 heteroatoms. The normalized spacial score (nSPS) is 12.6. The van der Waals surface area contributed by atoms with Crippen LogP contribution in [-0.2, 0) is 0 Å². The van der Waals surface area contributed by atoms with Crippen LogP contribution in [0, 0.1) is 0 Å². The average molecular weight is 341 g/mol. The lowest BCUT2D eigenvalue weighted by Crippen LogP contribution is -2.27. The van der Waals surface area contributed by atoms with Crippen molar-refractivity contribution in [2.24, 2.45) is 0 Å². The lowest BCUT2D eigenvalue weighted by Gasteiger charge is -2.31. The predicted octanol–water partition coefficient (Wildman–Crippen LogP) is 4.09. The summed E-state index contributed by atoms with van der Waals surface area (Å²) in [5.41, 5.74) is 14.9. The third-order valence-electron chi connectivity index (χ3n) is 3.82. The fourth-order valence-corrected chi connectivity index (χ4v) is 9.14. The standard InChI is InChI=1S/C17H33N3P2/c1-10(2)21(11(3)4)14-9-15(17(19)20-16(14)18)22(12(5)6)13(7)8/h9-13H,1-8H3,(H4,18,19,20). The lowest BCUT2D eigenvalue weighted by atomic mass is 10.4. The van der Waals surface area contributed by atoms with Crippen molar-refractivity contribution in [2.45, 2.75) is 78.0 Å². The molecule has 0 fully saturated rings. The van der Waals surface area contributed by atoms with E-state index in [9.17, 15) is 0 Å². The van der Waals surface area contributed by atoms with Crippen LogP contribution in [-0.4, -0.2) is 27.6 Å². The van der Waals surface area contributed by atoms with Crippen LogP contribution in [0.5, 0.6) is 0 Å². The average Bonchev–Trinajstić information content (AvgIpc) is 2.32. The summed E-state index contributed by atoms with van der Waals surface area (Å²) in [4.78, 5) is 4.53. The van der Waals surface area contributed by atoms with Crippen LogP contribution in [0.25, 0.3) is 0 Å². The second-order valence-corrected chi connectivity index (χ2v) is 13.7. The van der Waals surface area contributed by atoms with Crippen LogP contribution >= 0.6 is 15.8 Å². The number of hydrogen-bond acceptors (Lipinski definition) is 3. The van der Waals surface area contributed by atoms with Crippen molar-refractivity contribution >= 4 is 38.1 Å². The van der Waals surface area contributed by atoms with E-state index in [1.807, 2.05) is 0 Å². The number of hydrogen-bond donors (Lipinski definition) is 2. The van der Waals surface area contributed by atoms with E-state index in [4.69, 9.17) is 11.5 Å². The molecule has 0 aliphatic rings. The molecule has 4 N–H and O–H groups in total. The lowest BCUT2D eigenvalue weighted by molar-refractivity contribution is 1.02. The van der Waals surface area contributed by atoms with E-state index < -0.39 is 0 Å². The van der Waals surface area contributed by atoms with E-state index in [2.05, 4.69) is 66.4 Å². The van der Waals surface area contributed by atoms with Crippen LogP contribution < -0.4 is 22.1 Å². The van der Waals surface area contributed by atoms with Gasteiger partial charge in [0.2, 0.25) is 0 Å². The fourth-order valence-electron chi connectivity index (χ4n) is 3.24. The Labute approximate surface area is 139 Å². The molecule has 0 aliphatic carbocycles. The van der Waals surface area contributed by atoms with Gasteiger partial charge in [0.05, 0.1) is 0 Å². The topological polar surface area (TPSA) is 64.9 Å². The van der Waals surface area contributed by atoms with Crippen LogP contribution in [0.1, 0.15) is 55.4 Å². The number of rotatable bonds is 6. The maximum Gasteiger partial charge on any atom is 0.133 e. The summed E-state index contributed by atoms with van der Waals surface area (Å²) in [5, 5.41) is 2.50. The van der Waals surface area contributed by atoms with Crippen LogP contribution in [0.15, 0.2) is 6.07 Å². The maximum absolute atomic E-state index is 6.25. The molecule has 22 heavy (non-hydrogen) atoms. The summed E-state index contributed by atoms with van der Waals surface area (Å²) in [6.07, 6.45) is 0. The molecule has 0 aromatic carbocycles. The van der Waals surface area contributed by atoms with E-state index in [-0.39, 0.29) is 15.8 Å². The van der Waals surface area contributed by atoms with Gasteiger partial charge in [0.1, 0.15) is 11.6 Å². The third kappa shape index (κ3) is 4.33. The van der Waals surface area contributed by atoms with Crippen LogP contribution in [0.4, 0.5) is 11.6 Å². The summed E-state index contributed by atoms with van der Waals surface area (Å²) < 4.78 is 0. The van der Waals surface area contributed by atoms with E-state index in [1.54, 1.807) is 0 Å². The Balaban J connectivity index is 3.47. The molecule has 1 rings (SSSR count). The highest BCUT2D eigenvalue weighted by Crippen LogP contribution is 2.49. The molecule has 1 aromatic heterocycles. The molecule has 1 heterocycles. The van der Waals surface area contributed by atoms with Crippen molar-refractivity contribution in [2.75, 3.05) is 11.5 Å². The van der Waals surface area contributed by atoms with Gasteiger partial charge in [0, 0.05) is 10.6 Å². The monoisotopic (exact) mass is 341 g/mol. The fraction of sp³-hybridized carbons (Fsp3) is 0.706. The van der Waals surface area contributed by atoms with E-state index >= 15 is 0 Å². The first-order valence-corrected chi connectivity index (χ1v) is 11.2. The molecule has 0 atom stereocenters. The molecular weight excluding hydrogens is 308 g/mol. The zero-order chi connectivity index (χ0) is 17.2. The van der Waals surface area contributed by atoms with Gasteiger partial charge in [-0.15, -0.1) is 0 Å². The van der Waals surface area contributed by atoms with E-state index in [0.29, 0.717) is 34.3 Å². The van der Waals surface area contributed by atoms with Gasteiger partial charge in [0.25, 0.3) is 0 Å². The summed E-state index contributed by atoms with van der Waals surface area (Å²) >= 11 is 0. The maximum atomic E-state index is 6.25. The number of nitrogens with zero attached hydrogens (tertiary/aromatic N) is 1. The first-order chi connectivity index (χ1) is 10.1. The van der Waals surface area contributed by atoms with E-state index in [0.717, 1.165) is 0 Å². The largest absolute Gasteiger partial charge is 0.383 e. The third-order valence-corrected chi connectivity index (χ3v) is 10.1. The number of nitrogens with two attached hydrogens (primary N) is 2. The summed E-state index contributed by atoms with van der Waals surface area (Å²) in [6.45, 7) is 18.3. The zero-order valence-corrected chi connectivity index (χ0v) is 17.2. The van der Waals surface area contributed by atoms with Gasteiger partial charge >= 0.3 is 0 Å². The Kier molecular flexibility index (Phi) is 7.09. The molecule has 0 amide bonds. The highest BCUT2D eigenvalue weighted by Gasteiger charge is 2.27. The van der Waals surface area contributed by atoms with Gasteiger partial charge in [-0.05, 0) is 28.7 Å². The number of aromatic nitrogens is 1. The minimum absolute atomic E-state index is 0.319. The minimum Gasteiger partial charge on any atom is -0.383 e. The second kappa shape index (κ2) is 7.93. The van der Waals surface area contributed by atoms with Crippen molar-refractivity contribution < 1.29 is 0 Å². The minimum atomic E-state index is -0.319. The van der Waals surface area contributed by atoms with Gasteiger partial charge in [-0.2, -0.15) is 0 Å².